The van der Waals surface area contributed by atoms with E-state index in [2.05, 4.69) is 20.6 Å². The van der Waals surface area contributed by atoms with Crippen LogP contribution in [0.2, 0.25) is 0 Å². The van der Waals surface area contributed by atoms with E-state index in [4.69, 9.17) is 0 Å². The molecule has 230 valence electrons. The van der Waals surface area contributed by atoms with E-state index in [0.717, 1.165) is 23.1 Å². The van der Waals surface area contributed by atoms with E-state index >= 15 is 0 Å². The maximum atomic E-state index is 13.3. The SMILES string of the molecule is CCN(CC)C(=O)[C@@H](NCc1ccc2nc(NC(=O)c3ccccc3-c3ccc(C(F)(F)F)cc3)ccc2c1)c1ccccn1. The molecule has 0 spiro atoms. The molecule has 0 aliphatic rings. The molecule has 0 unspecified atom stereocenters. The summed E-state index contributed by atoms with van der Waals surface area (Å²) >= 11 is 0. The van der Waals surface area contributed by atoms with Gasteiger partial charge in [-0.15, -0.1) is 0 Å². The van der Waals surface area contributed by atoms with Crippen molar-refractivity contribution < 1.29 is 22.8 Å². The molecule has 2 aromatic heterocycles. The Morgan fingerprint density at radius 2 is 1.60 bits per heavy atom. The van der Waals surface area contributed by atoms with Crippen LogP contribution in [0.1, 0.15) is 47.1 Å². The van der Waals surface area contributed by atoms with Crippen molar-refractivity contribution in [3.05, 3.63) is 126 Å². The first-order valence-electron chi connectivity index (χ1n) is 14.6. The quantitative estimate of drug-likeness (QED) is 0.174. The van der Waals surface area contributed by atoms with Gasteiger partial charge in [0, 0.05) is 36.8 Å². The second kappa shape index (κ2) is 13.7. The number of nitrogens with one attached hydrogen (secondary N) is 2. The fourth-order valence-corrected chi connectivity index (χ4v) is 5.11. The first kappa shape index (κ1) is 31.3. The molecule has 0 fully saturated rings. The summed E-state index contributed by atoms with van der Waals surface area (Å²) < 4.78 is 39.1. The van der Waals surface area contributed by atoms with Crippen LogP contribution in [0.4, 0.5) is 19.0 Å². The highest BCUT2D eigenvalue weighted by atomic mass is 19.4. The van der Waals surface area contributed by atoms with Crippen LogP contribution in [0.5, 0.6) is 0 Å². The Morgan fingerprint density at radius 3 is 2.29 bits per heavy atom. The number of pyridine rings is 2. The number of hydrogen-bond acceptors (Lipinski definition) is 5. The number of aromatic nitrogens is 2. The predicted molar refractivity (Wildman–Crippen MR) is 168 cm³/mol. The lowest BCUT2D eigenvalue weighted by Crippen LogP contribution is -2.41. The monoisotopic (exact) mass is 611 g/mol. The third-order valence-corrected chi connectivity index (χ3v) is 7.51. The standard InChI is InChI=1S/C35H32F3N5O2/c1-3-43(4-2)34(45)32(30-11-7-8-20-39-30)40-22-23-12-18-29-25(21-23)15-19-31(41-29)42-33(44)28-10-6-5-9-27(28)24-13-16-26(17-14-24)35(36,37)38/h5-21,32,40H,3-4,22H2,1-2H3,(H,41,42,44)/t32-/m0/s1. The van der Waals surface area contributed by atoms with Crippen LogP contribution in [0.15, 0.2) is 103 Å². The Bertz CT molecular complexity index is 1790. The minimum atomic E-state index is -4.44. The number of alkyl halides is 3. The molecule has 5 rings (SSSR count). The molecule has 0 radical (unpaired) electrons. The minimum Gasteiger partial charge on any atom is -0.342 e. The Kier molecular flexibility index (Phi) is 9.53. The van der Waals surface area contributed by atoms with Gasteiger partial charge >= 0.3 is 6.18 Å². The largest absolute Gasteiger partial charge is 0.416 e. The van der Waals surface area contributed by atoms with E-state index in [0.29, 0.717) is 53.4 Å². The van der Waals surface area contributed by atoms with E-state index in [1.807, 2.05) is 56.3 Å². The Hall–Kier alpha value is -5.09. The topological polar surface area (TPSA) is 87.2 Å². The van der Waals surface area contributed by atoms with Crippen molar-refractivity contribution in [2.45, 2.75) is 32.6 Å². The van der Waals surface area contributed by atoms with Crippen molar-refractivity contribution >= 4 is 28.5 Å². The van der Waals surface area contributed by atoms with E-state index in [1.165, 1.54) is 12.1 Å². The number of anilines is 1. The van der Waals surface area contributed by atoms with Gasteiger partial charge in [0.15, 0.2) is 0 Å². The van der Waals surface area contributed by atoms with Crippen LogP contribution >= 0.6 is 0 Å². The van der Waals surface area contributed by atoms with Crippen molar-refractivity contribution in [2.75, 3.05) is 18.4 Å². The van der Waals surface area contributed by atoms with Gasteiger partial charge in [0.1, 0.15) is 11.9 Å². The number of hydrogen-bond donors (Lipinski definition) is 2. The van der Waals surface area contributed by atoms with Crippen LogP contribution < -0.4 is 10.6 Å². The number of fused-ring (bicyclic) bond motifs is 1. The molecule has 2 amide bonds. The fraction of sp³-hybridized carbons (Fsp3) is 0.200. The summed E-state index contributed by atoms with van der Waals surface area (Å²) in [5.41, 5.74) is 2.80. The highest BCUT2D eigenvalue weighted by Crippen LogP contribution is 2.32. The highest BCUT2D eigenvalue weighted by Gasteiger charge is 2.30. The lowest BCUT2D eigenvalue weighted by atomic mass is 9.98. The summed E-state index contributed by atoms with van der Waals surface area (Å²) in [6, 6.07) is 25.6. The average Bonchev–Trinajstić information content (AvgIpc) is 3.05. The maximum absolute atomic E-state index is 13.3. The number of likely N-dealkylation sites (N-methyl/N-ethyl adjacent to an activating group) is 1. The number of carbonyl (C=O) groups is 2. The summed E-state index contributed by atoms with van der Waals surface area (Å²) in [5.74, 6) is -0.140. The maximum Gasteiger partial charge on any atom is 0.416 e. The highest BCUT2D eigenvalue weighted by molar-refractivity contribution is 6.08. The normalized spacial score (nSPS) is 12.1. The van der Waals surface area contributed by atoms with Gasteiger partial charge < -0.3 is 10.2 Å². The predicted octanol–water partition coefficient (Wildman–Crippen LogP) is 7.27. The zero-order valence-corrected chi connectivity index (χ0v) is 24.8. The van der Waals surface area contributed by atoms with Crippen molar-refractivity contribution in [1.29, 1.82) is 0 Å². The van der Waals surface area contributed by atoms with Gasteiger partial charge in [0.05, 0.1) is 16.8 Å². The second-order valence-corrected chi connectivity index (χ2v) is 10.4. The fourth-order valence-electron chi connectivity index (χ4n) is 5.11. The Morgan fingerprint density at radius 1 is 0.867 bits per heavy atom. The second-order valence-electron chi connectivity index (χ2n) is 10.4. The van der Waals surface area contributed by atoms with Crippen LogP contribution in [0.25, 0.3) is 22.0 Å². The summed E-state index contributed by atoms with van der Waals surface area (Å²) in [7, 11) is 0. The van der Waals surface area contributed by atoms with Gasteiger partial charge in [0.2, 0.25) is 5.91 Å². The molecule has 7 nitrogen and oxygen atoms in total. The molecule has 10 heteroatoms. The summed E-state index contributed by atoms with van der Waals surface area (Å²) in [6.07, 6.45) is -2.77. The Balaban J connectivity index is 1.31. The third kappa shape index (κ3) is 7.35. The summed E-state index contributed by atoms with van der Waals surface area (Å²) in [5, 5.41) is 7.02. The van der Waals surface area contributed by atoms with Crippen LogP contribution in [0, 0.1) is 0 Å². The molecule has 0 aliphatic heterocycles. The number of nitrogens with zero attached hydrogens (tertiary/aromatic N) is 3. The molecule has 0 aliphatic carbocycles. The number of halogens is 3. The number of rotatable bonds is 10. The van der Waals surface area contributed by atoms with Crippen molar-refractivity contribution in [2.24, 2.45) is 0 Å². The first-order valence-corrected chi connectivity index (χ1v) is 14.6. The molecule has 2 N–H and O–H groups in total. The summed E-state index contributed by atoms with van der Waals surface area (Å²) in [4.78, 5) is 37.3. The van der Waals surface area contributed by atoms with E-state index in [1.54, 1.807) is 41.4 Å². The van der Waals surface area contributed by atoms with Crippen LogP contribution in [0.3, 0.4) is 0 Å². The van der Waals surface area contributed by atoms with E-state index < -0.39 is 23.7 Å². The van der Waals surface area contributed by atoms with E-state index in [-0.39, 0.29) is 5.91 Å². The smallest absolute Gasteiger partial charge is 0.342 e. The van der Waals surface area contributed by atoms with E-state index in [9.17, 15) is 22.8 Å². The zero-order valence-electron chi connectivity index (χ0n) is 24.8. The van der Waals surface area contributed by atoms with Crippen molar-refractivity contribution in [1.82, 2.24) is 20.2 Å². The lowest BCUT2D eigenvalue weighted by Gasteiger charge is -2.25. The third-order valence-electron chi connectivity index (χ3n) is 7.51. The van der Waals surface area contributed by atoms with Gasteiger partial charge in [-0.25, -0.2) is 4.98 Å². The number of amides is 2. The number of carbonyl (C=O) groups excluding carboxylic acids is 2. The van der Waals surface area contributed by atoms with Crippen molar-refractivity contribution in [3.8, 4) is 11.1 Å². The Labute approximate surface area is 259 Å². The first-order chi connectivity index (χ1) is 21.7. The van der Waals surface area contributed by atoms with Gasteiger partial charge in [-0.1, -0.05) is 42.5 Å². The molecule has 1 atom stereocenters. The molecule has 2 heterocycles. The summed E-state index contributed by atoms with van der Waals surface area (Å²) in [6.45, 7) is 5.51. The van der Waals surface area contributed by atoms with Crippen LogP contribution in [-0.4, -0.2) is 39.8 Å². The number of benzene rings is 3. The van der Waals surface area contributed by atoms with Gasteiger partial charge in [-0.2, -0.15) is 13.2 Å². The average molecular weight is 612 g/mol. The lowest BCUT2D eigenvalue weighted by molar-refractivity contribution is -0.137. The van der Waals surface area contributed by atoms with Gasteiger partial charge in [-0.05, 0) is 85.1 Å². The molecule has 0 saturated carbocycles. The molecule has 5 aromatic rings. The van der Waals surface area contributed by atoms with Crippen molar-refractivity contribution in [3.63, 3.8) is 0 Å². The van der Waals surface area contributed by atoms with Crippen LogP contribution in [-0.2, 0) is 17.5 Å². The molecule has 45 heavy (non-hydrogen) atoms. The molecular weight excluding hydrogens is 579 g/mol. The van der Waals surface area contributed by atoms with Gasteiger partial charge in [0.25, 0.3) is 5.91 Å². The van der Waals surface area contributed by atoms with Gasteiger partial charge in [-0.3, -0.25) is 19.9 Å². The molecule has 3 aromatic carbocycles. The molecule has 0 bridgehead atoms. The zero-order chi connectivity index (χ0) is 32.0. The molecular formula is C35H32F3N5O2. The molecule has 0 saturated heterocycles. The minimum absolute atomic E-state index is 0.0403.